The number of hydrogen-bond donors (Lipinski definition) is 3. The number of benzene rings is 1. The number of non-ortho nitro benzene ring substituents is 1. The molecule has 1 unspecified atom stereocenters. The van der Waals surface area contributed by atoms with Crippen molar-refractivity contribution in [3.8, 4) is 0 Å². The third-order valence-electron chi connectivity index (χ3n) is 2.91. The first-order chi connectivity index (χ1) is 9.92. The molecule has 2 amide bonds. The number of carbonyl (C=O) groups excluding carboxylic acids is 1. The third kappa shape index (κ3) is 6.22. The fraction of sp³-hybridized carbons (Fsp3) is 0.500. The second-order valence-electron chi connectivity index (χ2n) is 5.26. The number of amides is 2. The Labute approximate surface area is 123 Å². The molecular weight excluding hydrogens is 274 g/mol. The first-order valence-electron chi connectivity index (χ1n) is 6.81. The summed E-state index contributed by atoms with van der Waals surface area (Å²) < 4.78 is 0. The van der Waals surface area contributed by atoms with E-state index in [9.17, 15) is 20.0 Å². The van der Waals surface area contributed by atoms with Crippen molar-refractivity contribution in [2.45, 2.75) is 32.9 Å². The summed E-state index contributed by atoms with van der Waals surface area (Å²) >= 11 is 0. The van der Waals surface area contributed by atoms with Crippen LogP contribution in [0.3, 0.4) is 0 Å². The molecule has 0 spiro atoms. The minimum absolute atomic E-state index is 0.0143. The highest BCUT2D eigenvalue weighted by atomic mass is 16.6. The summed E-state index contributed by atoms with van der Waals surface area (Å²) in [6.45, 7) is 4.19. The van der Waals surface area contributed by atoms with Crippen LogP contribution < -0.4 is 10.6 Å². The van der Waals surface area contributed by atoms with Gasteiger partial charge in [-0.25, -0.2) is 4.79 Å². The highest BCUT2D eigenvalue weighted by molar-refractivity contribution is 5.74. The molecule has 0 bridgehead atoms. The average molecular weight is 295 g/mol. The van der Waals surface area contributed by atoms with E-state index in [4.69, 9.17) is 0 Å². The predicted octanol–water partition coefficient (Wildman–Crippen LogP) is 1.80. The number of aliphatic hydroxyl groups excluding tert-OH is 1. The first kappa shape index (κ1) is 16.9. The van der Waals surface area contributed by atoms with Crippen molar-refractivity contribution in [1.82, 2.24) is 10.6 Å². The molecule has 0 heterocycles. The van der Waals surface area contributed by atoms with E-state index in [0.29, 0.717) is 12.3 Å². The Balaban J connectivity index is 2.43. The lowest BCUT2D eigenvalue weighted by molar-refractivity contribution is -0.384. The van der Waals surface area contributed by atoms with Gasteiger partial charge in [0, 0.05) is 18.7 Å². The number of nitrogens with zero attached hydrogens (tertiary/aromatic N) is 1. The minimum atomic E-state index is -0.471. The van der Waals surface area contributed by atoms with Crippen LogP contribution in [-0.2, 0) is 6.54 Å². The number of nitrogens with one attached hydrogen (secondary N) is 2. The summed E-state index contributed by atoms with van der Waals surface area (Å²) in [5.41, 5.74) is 0.778. The molecule has 0 fully saturated rings. The molecule has 1 atom stereocenters. The van der Waals surface area contributed by atoms with Crippen LogP contribution >= 0.6 is 0 Å². The van der Waals surface area contributed by atoms with Crippen molar-refractivity contribution in [3.63, 3.8) is 0 Å². The van der Waals surface area contributed by atoms with Crippen LogP contribution in [-0.4, -0.2) is 28.7 Å². The highest BCUT2D eigenvalue weighted by Crippen LogP contribution is 2.11. The molecule has 0 aliphatic heterocycles. The maximum Gasteiger partial charge on any atom is 0.315 e. The van der Waals surface area contributed by atoms with Gasteiger partial charge in [0.25, 0.3) is 5.69 Å². The van der Waals surface area contributed by atoms with Gasteiger partial charge < -0.3 is 15.7 Å². The van der Waals surface area contributed by atoms with Gasteiger partial charge in [0.2, 0.25) is 0 Å². The number of aliphatic hydroxyl groups is 1. The Hall–Kier alpha value is -2.15. The topological polar surface area (TPSA) is 104 Å². The Morgan fingerprint density at radius 3 is 2.43 bits per heavy atom. The molecule has 1 rings (SSSR count). The van der Waals surface area contributed by atoms with Crippen LogP contribution in [0.25, 0.3) is 0 Å². The van der Waals surface area contributed by atoms with E-state index in [1.165, 1.54) is 12.1 Å². The van der Waals surface area contributed by atoms with Crippen molar-refractivity contribution in [2.24, 2.45) is 5.92 Å². The molecule has 1 aromatic rings. The van der Waals surface area contributed by atoms with Gasteiger partial charge in [-0.05, 0) is 17.9 Å². The lowest BCUT2D eigenvalue weighted by atomic mass is 10.0. The summed E-state index contributed by atoms with van der Waals surface area (Å²) in [5, 5.41) is 25.1. The van der Waals surface area contributed by atoms with Crippen LogP contribution in [0.2, 0.25) is 0 Å². The number of carbonyl (C=O) groups is 1. The summed E-state index contributed by atoms with van der Waals surface area (Å²) in [6, 6.07) is 5.33. The second kappa shape index (κ2) is 8.21. The summed E-state index contributed by atoms with van der Waals surface area (Å²) in [4.78, 5) is 21.8. The number of nitro benzene ring substituents is 1. The zero-order valence-electron chi connectivity index (χ0n) is 12.2. The van der Waals surface area contributed by atoms with Crippen LogP contribution in [0.1, 0.15) is 25.8 Å². The molecule has 0 saturated heterocycles. The molecule has 0 aromatic heterocycles. The molecule has 7 nitrogen and oxygen atoms in total. The highest BCUT2D eigenvalue weighted by Gasteiger charge is 2.12. The Kier molecular flexibility index (Phi) is 6.61. The number of nitro groups is 1. The molecule has 0 aliphatic rings. The van der Waals surface area contributed by atoms with Crippen molar-refractivity contribution < 1.29 is 14.8 Å². The molecule has 116 valence electrons. The fourth-order valence-corrected chi connectivity index (χ4v) is 1.90. The lowest BCUT2D eigenvalue weighted by Crippen LogP contribution is -2.44. The zero-order chi connectivity index (χ0) is 15.8. The van der Waals surface area contributed by atoms with E-state index in [2.05, 4.69) is 10.6 Å². The Bertz CT molecular complexity index is 474. The SMILES string of the molecule is CC(C)CC(CO)NC(=O)NCc1ccc([N+](=O)[O-])cc1. The molecule has 3 N–H and O–H groups in total. The van der Waals surface area contributed by atoms with Crippen LogP contribution in [0, 0.1) is 16.0 Å². The molecule has 0 aliphatic carbocycles. The number of hydrogen-bond acceptors (Lipinski definition) is 4. The van der Waals surface area contributed by atoms with Gasteiger partial charge in [0.05, 0.1) is 17.6 Å². The van der Waals surface area contributed by atoms with Gasteiger partial charge in [-0.1, -0.05) is 26.0 Å². The minimum Gasteiger partial charge on any atom is -0.394 e. The zero-order valence-corrected chi connectivity index (χ0v) is 12.2. The van der Waals surface area contributed by atoms with Crippen molar-refractivity contribution in [1.29, 1.82) is 0 Å². The second-order valence-corrected chi connectivity index (χ2v) is 5.26. The van der Waals surface area contributed by atoms with E-state index >= 15 is 0 Å². The first-order valence-corrected chi connectivity index (χ1v) is 6.81. The van der Waals surface area contributed by atoms with Crippen molar-refractivity contribution in [3.05, 3.63) is 39.9 Å². The van der Waals surface area contributed by atoms with E-state index in [1.807, 2.05) is 13.8 Å². The number of urea groups is 1. The van der Waals surface area contributed by atoms with Crippen molar-refractivity contribution in [2.75, 3.05) is 6.61 Å². The van der Waals surface area contributed by atoms with Crippen LogP contribution in [0.4, 0.5) is 10.5 Å². The van der Waals surface area contributed by atoms with Crippen molar-refractivity contribution >= 4 is 11.7 Å². The van der Waals surface area contributed by atoms with E-state index in [0.717, 1.165) is 5.56 Å². The third-order valence-corrected chi connectivity index (χ3v) is 2.91. The smallest absolute Gasteiger partial charge is 0.315 e. The van der Waals surface area contributed by atoms with Gasteiger partial charge in [-0.3, -0.25) is 10.1 Å². The quantitative estimate of drug-likeness (QED) is 0.527. The number of rotatable bonds is 7. The van der Waals surface area contributed by atoms with Crippen LogP contribution in [0.15, 0.2) is 24.3 Å². The molecule has 0 radical (unpaired) electrons. The Morgan fingerprint density at radius 1 is 1.33 bits per heavy atom. The molecule has 21 heavy (non-hydrogen) atoms. The van der Waals surface area contributed by atoms with Gasteiger partial charge in [-0.15, -0.1) is 0 Å². The largest absolute Gasteiger partial charge is 0.394 e. The summed E-state index contributed by atoms with van der Waals surface area (Å²) in [7, 11) is 0. The van der Waals surface area contributed by atoms with Crippen LogP contribution in [0.5, 0.6) is 0 Å². The molecule has 1 aromatic carbocycles. The Morgan fingerprint density at radius 2 is 1.95 bits per heavy atom. The van der Waals surface area contributed by atoms with Gasteiger partial charge >= 0.3 is 6.03 Å². The normalized spacial score (nSPS) is 12.0. The standard InChI is InChI=1S/C14H21N3O4/c1-10(2)7-12(9-18)16-14(19)15-8-11-3-5-13(6-4-11)17(20)21/h3-6,10,12,18H,7-9H2,1-2H3,(H2,15,16,19). The van der Waals surface area contributed by atoms with Gasteiger partial charge in [0.1, 0.15) is 0 Å². The summed E-state index contributed by atoms with van der Waals surface area (Å²) in [6.07, 6.45) is 0.696. The predicted molar refractivity (Wildman–Crippen MR) is 78.8 cm³/mol. The average Bonchev–Trinajstić information content (AvgIpc) is 2.44. The molecule has 7 heteroatoms. The fourth-order valence-electron chi connectivity index (χ4n) is 1.90. The van der Waals surface area contributed by atoms with E-state index in [-0.39, 0.29) is 30.9 Å². The van der Waals surface area contributed by atoms with Gasteiger partial charge in [0.15, 0.2) is 0 Å². The van der Waals surface area contributed by atoms with E-state index in [1.54, 1.807) is 12.1 Å². The lowest BCUT2D eigenvalue weighted by Gasteiger charge is -2.18. The monoisotopic (exact) mass is 295 g/mol. The molecule has 0 saturated carbocycles. The van der Waals surface area contributed by atoms with Gasteiger partial charge in [-0.2, -0.15) is 0 Å². The maximum atomic E-state index is 11.7. The summed E-state index contributed by atoms with van der Waals surface area (Å²) in [5.74, 6) is 0.372. The van der Waals surface area contributed by atoms with E-state index < -0.39 is 4.92 Å². The molecular formula is C14H21N3O4. The maximum absolute atomic E-state index is 11.7.